The van der Waals surface area contributed by atoms with E-state index in [0.29, 0.717) is 6.04 Å². The quantitative estimate of drug-likeness (QED) is 0.811. The maximum atomic E-state index is 6.35. The minimum absolute atomic E-state index is 0.448. The molecular formula is C15H24ClN3. The standard InChI is InChI=1S/C15H24ClN3/c1-2-3-4-5-15(19-10-8-17-9-11-19)13-6-7-18-12-14(13)16/h6-7,12,15,17H,2-5,8-11H2,1H3/t15-/m0/s1. The van der Waals surface area contributed by atoms with Gasteiger partial charge in [0.2, 0.25) is 0 Å². The molecule has 1 saturated heterocycles. The number of rotatable bonds is 6. The van der Waals surface area contributed by atoms with Gasteiger partial charge in [-0.25, -0.2) is 0 Å². The molecule has 1 atom stereocenters. The van der Waals surface area contributed by atoms with Gasteiger partial charge in [0.25, 0.3) is 0 Å². The van der Waals surface area contributed by atoms with Crippen LogP contribution in [0.2, 0.25) is 5.02 Å². The zero-order valence-electron chi connectivity index (χ0n) is 11.7. The third kappa shape index (κ3) is 4.16. The van der Waals surface area contributed by atoms with Crippen molar-refractivity contribution < 1.29 is 0 Å². The summed E-state index contributed by atoms with van der Waals surface area (Å²) >= 11 is 6.35. The predicted molar refractivity (Wildman–Crippen MR) is 80.6 cm³/mol. The van der Waals surface area contributed by atoms with Crippen LogP contribution in [0.4, 0.5) is 0 Å². The molecule has 1 aromatic rings. The lowest BCUT2D eigenvalue weighted by molar-refractivity contribution is 0.162. The van der Waals surface area contributed by atoms with E-state index in [4.69, 9.17) is 11.6 Å². The van der Waals surface area contributed by atoms with Gasteiger partial charge in [0, 0.05) is 44.6 Å². The fourth-order valence-corrected chi connectivity index (χ4v) is 3.02. The molecule has 106 valence electrons. The van der Waals surface area contributed by atoms with Crippen molar-refractivity contribution in [2.24, 2.45) is 0 Å². The summed E-state index contributed by atoms with van der Waals surface area (Å²) < 4.78 is 0. The maximum Gasteiger partial charge on any atom is 0.0637 e. The van der Waals surface area contributed by atoms with Gasteiger partial charge < -0.3 is 5.32 Å². The molecule has 3 nitrogen and oxygen atoms in total. The molecule has 0 unspecified atom stereocenters. The summed E-state index contributed by atoms with van der Waals surface area (Å²) in [6.45, 7) is 6.62. The summed E-state index contributed by atoms with van der Waals surface area (Å²) in [4.78, 5) is 6.67. The highest BCUT2D eigenvalue weighted by molar-refractivity contribution is 6.31. The molecule has 4 heteroatoms. The first-order chi connectivity index (χ1) is 9.33. The Bertz CT molecular complexity index is 377. The first-order valence-corrected chi connectivity index (χ1v) is 7.75. The highest BCUT2D eigenvalue weighted by Gasteiger charge is 2.23. The van der Waals surface area contributed by atoms with Crippen molar-refractivity contribution in [2.45, 2.75) is 38.6 Å². The molecule has 0 aromatic carbocycles. The Labute approximate surface area is 121 Å². The number of piperazine rings is 1. The van der Waals surface area contributed by atoms with E-state index in [-0.39, 0.29) is 0 Å². The lowest BCUT2D eigenvalue weighted by Crippen LogP contribution is -2.45. The highest BCUT2D eigenvalue weighted by atomic mass is 35.5. The van der Waals surface area contributed by atoms with E-state index >= 15 is 0 Å². The molecule has 2 heterocycles. The largest absolute Gasteiger partial charge is 0.314 e. The van der Waals surface area contributed by atoms with E-state index in [0.717, 1.165) is 31.2 Å². The molecule has 0 bridgehead atoms. The second-order valence-corrected chi connectivity index (χ2v) is 5.60. The van der Waals surface area contributed by atoms with E-state index in [1.807, 2.05) is 6.20 Å². The number of hydrogen-bond donors (Lipinski definition) is 1. The molecule has 1 N–H and O–H groups in total. The Hall–Kier alpha value is -0.640. The van der Waals surface area contributed by atoms with Crippen molar-refractivity contribution in [3.05, 3.63) is 29.0 Å². The van der Waals surface area contributed by atoms with E-state index in [1.165, 1.54) is 31.2 Å². The second-order valence-electron chi connectivity index (χ2n) is 5.19. The molecule has 0 spiro atoms. The average Bonchev–Trinajstić information content (AvgIpc) is 2.46. The van der Waals surface area contributed by atoms with Crippen LogP contribution in [0.25, 0.3) is 0 Å². The van der Waals surface area contributed by atoms with Gasteiger partial charge in [-0.2, -0.15) is 0 Å². The summed E-state index contributed by atoms with van der Waals surface area (Å²) in [5, 5.41) is 4.22. The molecule has 1 aliphatic rings. The Kier molecular flexibility index (Phi) is 6.08. The molecule has 0 radical (unpaired) electrons. The molecule has 0 amide bonds. The van der Waals surface area contributed by atoms with Crippen molar-refractivity contribution in [1.82, 2.24) is 15.2 Å². The van der Waals surface area contributed by atoms with Crippen LogP contribution in [0.5, 0.6) is 0 Å². The lowest BCUT2D eigenvalue weighted by Gasteiger charge is -2.35. The fourth-order valence-electron chi connectivity index (χ4n) is 2.77. The van der Waals surface area contributed by atoms with Gasteiger partial charge in [0.1, 0.15) is 0 Å². The van der Waals surface area contributed by atoms with Crippen LogP contribution in [-0.2, 0) is 0 Å². The van der Waals surface area contributed by atoms with Crippen molar-refractivity contribution >= 4 is 11.6 Å². The third-order valence-electron chi connectivity index (χ3n) is 3.84. The molecular weight excluding hydrogens is 258 g/mol. The molecule has 1 aliphatic heterocycles. The number of hydrogen-bond acceptors (Lipinski definition) is 3. The van der Waals surface area contributed by atoms with Gasteiger partial charge in [-0.3, -0.25) is 9.88 Å². The zero-order valence-corrected chi connectivity index (χ0v) is 12.5. The van der Waals surface area contributed by atoms with Crippen LogP contribution < -0.4 is 5.32 Å². The maximum absolute atomic E-state index is 6.35. The molecule has 0 aliphatic carbocycles. The zero-order chi connectivity index (χ0) is 13.5. The molecule has 0 saturated carbocycles. The van der Waals surface area contributed by atoms with Gasteiger partial charge in [-0.1, -0.05) is 37.8 Å². The minimum atomic E-state index is 0.448. The van der Waals surface area contributed by atoms with Crippen LogP contribution in [0.1, 0.15) is 44.2 Å². The van der Waals surface area contributed by atoms with Gasteiger partial charge in [0.05, 0.1) is 5.02 Å². The smallest absolute Gasteiger partial charge is 0.0637 e. The van der Waals surface area contributed by atoms with E-state index in [2.05, 4.69) is 28.2 Å². The highest BCUT2D eigenvalue weighted by Crippen LogP contribution is 2.31. The van der Waals surface area contributed by atoms with E-state index in [9.17, 15) is 0 Å². The van der Waals surface area contributed by atoms with Crippen molar-refractivity contribution in [3.63, 3.8) is 0 Å². The molecule has 19 heavy (non-hydrogen) atoms. The summed E-state index contributed by atoms with van der Waals surface area (Å²) in [5.41, 5.74) is 1.25. The Morgan fingerprint density at radius 1 is 1.37 bits per heavy atom. The summed E-state index contributed by atoms with van der Waals surface area (Å²) in [5.74, 6) is 0. The number of halogens is 1. The molecule has 2 rings (SSSR count). The van der Waals surface area contributed by atoms with Gasteiger partial charge >= 0.3 is 0 Å². The van der Waals surface area contributed by atoms with Crippen LogP contribution in [0.15, 0.2) is 18.5 Å². The fraction of sp³-hybridized carbons (Fsp3) is 0.667. The Morgan fingerprint density at radius 3 is 2.84 bits per heavy atom. The van der Waals surface area contributed by atoms with E-state index < -0.39 is 0 Å². The lowest BCUT2D eigenvalue weighted by atomic mass is 9.99. The SMILES string of the molecule is CCCCC[C@@H](c1ccncc1Cl)N1CCNCC1. The molecule has 1 aromatic heterocycles. The number of nitrogens with zero attached hydrogens (tertiary/aromatic N) is 2. The number of unbranched alkanes of at least 4 members (excludes halogenated alkanes) is 2. The topological polar surface area (TPSA) is 28.2 Å². The first kappa shape index (κ1) is 14.8. The predicted octanol–water partition coefficient (Wildman–Crippen LogP) is 3.26. The van der Waals surface area contributed by atoms with Gasteiger partial charge in [-0.15, -0.1) is 0 Å². The number of pyridine rings is 1. The van der Waals surface area contributed by atoms with Crippen LogP contribution in [0.3, 0.4) is 0 Å². The summed E-state index contributed by atoms with van der Waals surface area (Å²) in [7, 11) is 0. The minimum Gasteiger partial charge on any atom is -0.314 e. The van der Waals surface area contributed by atoms with Crippen LogP contribution in [0, 0.1) is 0 Å². The van der Waals surface area contributed by atoms with Crippen molar-refractivity contribution in [3.8, 4) is 0 Å². The van der Waals surface area contributed by atoms with Crippen LogP contribution >= 0.6 is 11.6 Å². The Balaban J connectivity index is 2.10. The van der Waals surface area contributed by atoms with Crippen molar-refractivity contribution in [2.75, 3.05) is 26.2 Å². The monoisotopic (exact) mass is 281 g/mol. The summed E-state index contributed by atoms with van der Waals surface area (Å²) in [6.07, 6.45) is 8.65. The van der Waals surface area contributed by atoms with E-state index in [1.54, 1.807) is 6.20 Å². The normalized spacial score (nSPS) is 18.4. The number of aromatic nitrogens is 1. The van der Waals surface area contributed by atoms with Gasteiger partial charge in [0.15, 0.2) is 0 Å². The summed E-state index contributed by atoms with van der Waals surface area (Å²) in [6, 6.07) is 2.53. The van der Waals surface area contributed by atoms with Gasteiger partial charge in [-0.05, 0) is 18.1 Å². The third-order valence-corrected chi connectivity index (χ3v) is 4.15. The van der Waals surface area contributed by atoms with Crippen molar-refractivity contribution in [1.29, 1.82) is 0 Å². The second kappa shape index (κ2) is 7.83. The van der Waals surface area contributed by atoms with Crippen LogP contribution in [-0.4, -0.2) is 36.1 Å². The molecule has 1 fully saturated rings. The average molecular weight is 282 g/mol. The Morgan fingerprint density at radius 2 is 2.16 bits per heavy atom. The number of nitrogens with one attached hydrogen (secondary N) is 1. The first-order valence-electron chi connectivity index (χ1n) is 7.37.